The Morgan fingerprint density at radius 2 is 1.79 bits per heavy atom. The van der Waals surface area contributed by atoms with Crippen LogP contribution in [0.1, 0.15) is 16.1 Å². The summed E-state index contributed by atoms with van der Waals surface area (Å²) >= 11 is 6.11. The average molecular weight is 393 g/mol. The van der Waals surface area contributed by atoms with Crippen molar-refractivity contribution in [3.63, 3.8) is 0 Å². The zero-order valence-electron chi connectivity index (χ0n) is 15.4. The SMILES string of the molecule is Cc1c(C(=O)N2CCN(C)c3nc4ccccc4nc32)oc2ccc(Cl)cc12. The van der Waals surface area contributed by atoms with Gasteiger partial charge >= 0.3 is 0 Å². The van der Waals surface area contributed by atoms with Gasteiger partial charge in [-0.25, -0.2) is 9.97 Å². The molecule has 3 heterocycles. The zero-order chi connectivity index (χ0) is 19.4. The van der Waals surface area contributed by atoms with E-state index in [1.54, 1.807) is 17.0 Å². The first kappa shape index (κ1) is 17.0. The Labute approximate surface area is 166 Å². The van der Waals surface area contributed by atoms with Crippen molar-refractivity contribution in [1.82, 2.24) is 9.97 Å². The standard InChI is InChI=1S/C21H17ClN4O2/c1-12-14-11-13(22)7-8-17(14)28-18(12)21(27)26-10-9-25(2)19-20(26)24-16-6-4-3-5-15(16)23-19/h3-8,11H,9-10H2,1-2H3. The molecule has 0 spiro atoms. The lowest BCUT2D eigenvalue weighted by atomic mass is 10.1. The van der Waals surface area contributed by atoms with Gasteiger partial charge in [0.2, 0.25) is 0 Å². The van der Waals surface area contributed by atoms with E-state index in [4.69, 9.17) is 26.0 Å². The van der Waals surface area contributed by atoms with Crippen molar-refractivity contribution in [1.29, 1.82) is 0 Å². The molecule has 0 fully saturated rings. The van der Waals surface area contributed by atoms with Gasteiger partial charge < -0.3 is 9.32 Å². The van der Waals surface area contributed by atoms with Gasteiger partial charge in [-0.3, -0.25) is 9.69 Å². The summed E-state index contributed by atoms with van der Waals surface area (Å²) in [6, 6.07) is 13.0. The van der Waals surface area contributed by atoms with Crippen molar-refractivity contribution in [2.45, 2.75) is 6.92 Å². The summed E-state index contributed by atoms with van der Waals surface area (Å²) in [5, 5.41) is 1.45. The number of rotatable bonds is 1. The van der Waals surface area contributed by atoms with Crippen LogP contribution in [0.2, 0.25) is 5.02 Å². The lowest BCUT2D eigenvalue weighted by molar-refractivity contribution is 0.0960. The molecule has 1 aliphatic rings. The highest BCUT2D eigenvalue weighted by Crippen LogP contribution is 2.34. The molecule has 2 aromatic heterocycles. The van der Waals surface area contributed by atoms with Crippen LogP contribution >= 0.6 is 11.6 Å². The number of likely N-dealkylation sites (N-methyl/N-ethyl adjacent to an activating group) is 1. The molecule has 0 atom stereocenters. The third kappa shape index (κ3) is 2.52. The highest BCUT2D eigenvalue weighted by molar-refractivity contribution is 6.31. The van der Waals surface area contributed by atoms with E-state index >= 15 is 0 Å². The van der Waals surface area contributed by atoms with E-state index in [-0.39, 0.29) is 5.91 Å². The molecule has 0 aliphatic carbocycles. The molecule has 1 aliphatic heterocycles. The normalized spacial score (nSPS) is 14.0. The van der Waals surface area contributed by atoms with Gasteiger partial charge in [-0.15, -0.1) is 0 Å². The van der Waals surface area contributed by atoms with Crippen molar-refractivity contribution in [3.8, 4) is 0 Å². The number of amides is 1. The molecular weight excluding hydrogens is 376 g/mol. The van der Waals surface area contributed by atoms with Crippen LogP contribution in [0, 0.1) is 6.92 Å². The van der Waals surface area contributed by atoms with E-state index in [1.165, 1.54) is 0 Å². The lowest BCUT2D eigenvalue weighted by Gasteiger charge is -2.33. The molecule has 6 nitrogen and oxygen atoms in total. The fourth-order valence-electron chi connectivity index (χ4n) is 3.60. The predicted molar refractivity (Wildman–Crippen MR) is 110 cm³/mol. The summed E-state index contributed by atoms with van der Waals surface area (Å²) in [6.45, 7) is 3.04. The number of fused-ring (bicyclic) bond motifs is 3. The van der Waals surface area contributed by atoms with Crippen molar-refractivity contribution in [2.24, 2.45) is 0 Å². The molecule has 0 N–H and O–H groups in total. The molecule has 5 rings (SSSR count). The number of aromatic nitrogens is 2. The predicted octanol–water partition coefficient (Wildman–Crippen LogP) is 4.43. The van der Waals surface area contributed by atoms with Crippen molar-refractivity contribution >= 4 is 51.1 Å². The van der Waals surface area contributed by atoms with Gasteiger partial charge in [-0.1, -0.05) is 23.7 Å². The molecule has 0 saturated heterocycles. The summed E-state index contributed by atoms with van der Waals surface area (Å²) in [6.07, 6.45) is 0. The summed E-state index contributed by atoms with van der Waals surface area (Å²) < 4.78 is 5.89. The molecule has 0 bridgehead atoms. The first-order chi connectivity index (χ1) is 13.5. The van der Waals surface area contributed by atoms with E-state index in [1.807, 2.05) is 49.2 Å². The third-order valence-electron chi connectivity index (χ3n) is 5.15. The minimum atomic E-state index is -0.219. The topological polar surface area (TPSA) is 62.5 Å². The summed E-state index contributed by atoms with van der Waals surface area (Å²) in [5.41, 5.74) is 2.97. The number of hydrogen-bond donors (Lipinski definition) is 0. The van der Waals surface area contributed by atoms with Crippen LogP contribution in [0.25, 0.3) is 22.0 Å². The van der Waals surface area contributed by atoms with E-state index in [9.17, 15) is 4.79 Å². The molecule has 0 radical (unpaired) electrons. The quantitative estimate of drug-likeness (QED) is 0.479. The van der Waals surface area contributed by atoms with Gasteiger partial charge in [-0.2, -0.15) is 0 Å². The highest BCUT2D eigenvalue weighted by atomic mass is 35.5. The number of benzene rings is 2. The van der Waals surface area contributed by atoms with Crippen LogP contribution in [-0.2, 0) is 0 Å². The fraction of sp³-hybridized carbons (Fsp3) is 0.190. The highest BCUT2D eigenvalue weighted by Gasteiger charge is 2.32. The maximum absolute atomic E-state index is 13.4. The minimum absolute atomic E-state index is 0.219. The first-order valence-electron chi connectivity index (χ1n) is 9.01. The molecule has 2 aromatic carbocycles. The van der Waals surface area contributed by atoms with Crippen LogP contribution < -0.4 is 9.80 Å². The Morgan fingerprint density at radius 3 is 2.54 bits per heavy atom. The molecule has 0 saturated carbocycles. The average Bonchev–Trinajstić information content (AvgIpc) is 3.03. The second-order valence-corrected chi connectivity index (χ2v) is 7.37. The molecular formula is C21H17ClN4O2. The van der Waals surface area contributed by atoms with E-state index in [0.717, 1.165) is 22.0 Å². The Hall–Kier alpha value is -3.12. The van der Waals surface area contributed by atoms with Gasteiger partial charge in [0, 0.05) is 36.1 Å². The molecule has 0 unspecified atom stereocenters. The van der Waals surface area contributed by atoms with E-state index in [2.05, 4.69) is 0 Å². The summed E-state index contributed by atoms with van der Waals surface area (Å²) in [5.74, 6) is 1.33. The Morgan fingerprint density at radius 1 is 1.07 bits per heavy atom. The first-order valence-corrected chi connectivity index (χ1v) is 9.39. The van der Waals surface area contributed by atoms with Gasteiger partial charge in [0.1, 0.15) is 5.58 Å². The van der Waals surface area contributed by atoms with Crippen molar-refractivity contribution in [2.75, 3.05) is 29.9 Å². The van der Waals surface area contributed by atoms with Crippen LogP contribution in [0.3, 0.4) is 0 Å². The van der Waals surface area contributed by atoms with Crippen LogP contribution in [-0.4, -0.2) is 36.0 Å². The number of hydrogen-bond acceptors (Lipinski definition) is 5. The van der Waals surface area contributed by atoms with Crippen LogP contribution in [0.4, 0.5) is 11.6 Å². The van der Waals surface area contributed by atoms with Gasteiger partial charge in [0.15, 0.2) is 17.4 Å². The lowest BCUT2D eigenvalue weighted by Crippen LogP contribution is -2.43. The number of anilines is 2. The second kappa shape index (κ2) is 6.21. The number of para-hydroxylation sites is 2. The minimum Gasteiger partial charge on any atom is -0.451 e. The summed E-state index contributed by atoms with van der Waals surface area (Å²) in [4.78, 5) is 26.5. The molecule has 28 heavy (non-hydrogen) atoms. The van der Waals surface area contributed by atoms with Crippen LogP contribution in [0.15, 0.2) is 46.9 Å². The maximum atomic E-state index is 13.4. The zero-order valence-corrected chi connectivity index (χ0v) is 16.2. The number of furan rings is 1. The molecule has 4 aromatic rings. The third-order valence-corrected chi connectivity index (χ3v) is 5.38. The van der Waals surface area contributed by atoms with Gasteiger partial charge in [0.05, 0.1) is 11.0 Å². The fourth-order valence-corrected chi connectivity index (χ4v) is 3.77. The van der Waals surface area contributed by atoms with Crippen molar-refractivity contribution < 1.29 is 9.21 Å². The molecule has 7 heteroatoms. The number of carbonyl (C=O) groups excluding carboxylic acids is 1. The molecule has 1 amide bonds. The van der Waals surface area contributed by atoms with Gasteiger partial charge in [-0.05, 0) is 37.3 Å². The van der Waals surface area contributed by atoms with E-state index < -0.39 is 0 Å². The summed E-state index contributed by atoms with van der Waals surface area (Å²) in [7, 11) is 1.96. The number of nitrogens with zero attached hydrogens (tertiary/aromatic N) is 4. The largest absolute Gasteiger partial charge is 0.451 e. The van der Waals surface area contributed by atoms with Crippen LogP contribution in [0.5, 0.6) is 0 Å². The Kier molecular flexibility index (Phi) is 3.77. The van der Waals surface area contributed by atoms with Crippen molar-refractivity contribution in [3.05, 3.63) is 58.8 Å². The van der Waals surface area contributed by atoms with E-state index in [0.29, 0.717) is 41.1 Å². The Bertz CT molecular complexity index is 1250. The monoisotopic (exact) mass is 392 g/mol. The number of halogens is 1. The maximum Gasteiger partial charge on any atom is 0.295 e. The number of aryl methyl sites for hydroxylation is 1. The number of carbonyl (C=O) groups is 1. The smallest absolute Gasteiger partial charge is 0.295 e. The molecule has 140 valence electrons. The second-order valence-electron chi connectivity index (χ2n) is 6.93. The van der Waals surface area contributed by atoms with Gasteiger partial charge in [0.25, 0.3) is 5.91 Å². The Balaban J connectivity index is 1.65.